The van der Waals surface area contributed by atoms with Gasteiger partial charge in [-0.05, 0) is 39.3 Å². The van der Waals surface area contributed by atoms with E-state index in [9.17, 15) is 14.4 Å². The maximum Gasteiger partial charge on any atom is 0.308 e. The Morgan fingerprint density at radius 3 is 2.22 bits per heavy atom. The molecule has 0 unspecified atom stereocenters. The lowest BCUT2D eigenvalue weighted by atomic mass is 10.0. The van der Waals surface area contributed by atoms with Crippen LogP contribution in [-0.2, 0) is 14.3 Å². The number of hydrogen-bond donors (Lipinski definition) is 2. The highest BCUT2D eigenvalue weighted by Crippen LogP contribution is 2.12. The fourth-order valence-electron chi connectivity index (χ4n) is 2.33. The minimum Gasteiger partial charge on any atom is -0.466 e. The number of esters is 1. The molecule has 0 radical (unpaired) electrons. The molecule has 0 aliphatic carbocycles. The molecule has 0 spiro atoms. The second-order valence-electron chi connectivity index (χ2n) is 5.69. The number of benzene rings is 1. The minimum atomic E-state index is -0.928. The SMILES string of the molecule is CCOC(=O)[C@@H](C)C[C@H](NC(=O)c1cc(C)cc(C)c1)C(N)=O. The van der Waals surface area contributed by atoms with Gasteiger partial charge in [0.2, 0.25) is 5.91 Å². The number of nitrogens with one attached hydrogen (secondary N) is 1. The van der Waals surface area contributed by atoms with Crippen LogP contribution in [0.4, 0.5) is 0 Å². The molecule has 6 heteroatoms. The first-order chi connectivity index (χ1) is 10.7. The van der Waals surface area contributed by atoms with E-state index in [-0.39, 0.29) is 13.0 Å². The van der Waals surface area contributed by atoms with Gasteiger partial charge in [0.05, 0.1) is 12.5 Å². The molecule has 23 heavy (non-hydrogen) atoms. The summed E-state index contributed by atoms with van der Waals surface area (Å²) in [6.07, 6.45) is 0.102. The molecule has 6 nitrogen and oxygen atoms in total. The molecule has 2 amide bonds. The van der Waals surface area contributed by atoms with Crippen molar-refractivity contribution in [2.24, 2.45) is 11.7 Å². The number of ether oxygens (including phenoxy) is 1. The van der Waals surface area contributed by atoms with Crippen molar-refractivity contribution in [1.82, 2.24) is 5.32 Å². The predicted molar refractivity (Wildman–Crippen MR) is 86.8 cm³/mol. The first-order valence-electron chi connectivity index (χ1n) is 7.59. The highest BCUT2D eigenvalue weighted by atomic mass is 16.5. The van der Waals surface area contributed by atoms with Crippen molar-refractivity contribution in [3.8, 4) is 0 Å². The molecule has 0 bridgehead atoms. The predicted octanol–water partition coefficient (Wildman–Crippen LogP) is 1.48. The summed E-state index contributed by atoms with van der Waals surface area (Å²) in [5.41, 5.74) is 7.69. The van der Waals surface area contributed by atoms with E-state index < -0.39 is 29.7 Å². The maximum absolute atomic E-state index is 12.3. The van der Waals surface area contributed by atoms with Crippen molar-refractivity contribution < 1.29 is 19.1 Å². The number of carbonyl (C=O) groups is 3. The Bertz CT molecular complexity index is 578. The summed E-state index contributed by atoms with van der Waals surface area (Å²) in [7, 11) is 0. The van der Waals surface area contributed by atoms with Crippen LogP contribution in [0.15, 0.2) is 18.2 Å². The van der Waals surface area contributed by atoms with Gasteiger partial charge in [-0.15, -0.1) is 0 Å². The second kappa shape index (κ2) is 8.31. The van der Waals surface area contributed by atoms with E-state index in [2.05, 4.69) is 5.32 Å². The van der Waals surface area contributed by atoms with E-state index in [1.165, 1.54) is 0 Å². The summed E-state index contributed by atoms with van der Waals surface area (Å²) >= 11 is 0. The molecule has 126 valence electrons. The summed E-state index contributed by atoms with van der Waals surface area (Å²) in [4.78, 5) is 35.5. The van der Waals surface area contributed by atoms with Crippen molar-refractivity contribution in [2.75, 3.05) is 6.61 Å². The van der Waals surface area contributed by atoms with Crippen molar-refractivity contribution in [3.63, 3.8) is 0 Å². The molecule has 0 aliphatic rings. The average Bonchev–Trinajstić information content (AvgIpc) is 2.45. The molecule has 1 rings (SSSR count). The maximum atomic E-state index is 12.3. The number of primary amides is 1. The smallest absolute Gasteiger partial charge is 0.308 e. The number of hydrogen-bond acceptors (Lipinski definition) is 4. The van der Waals surface area contributed by atoms with E-state index >= 15 is 0 Å². The van der Waals surface area contributed by atoms with Crippen molar-refractivity contribution in [1.29, 1.82) is 0 Å². The Morgan fingerprint density at radius 1 is 1.17 bits per heavy atom. The van der Waals surface area contributed by atoms with Crippen LogP contribution in [0.25, 0.3) is 0 Å². The third-order valence-corrected chi connectivity index (χ3v) is 3.41. The lowest BCUT2D eigenvalue weighted by molar-refractivity contribution is -0.147. The third kappa shape index (κ3) is 5.73. The highest BCUT2D eigenvalue weighted by Gasteiger charge is 2.25. The lowest BCUT2D eigenvalue weighted by Crippen LogP contribution is -2.46. The van der Waals surface area contributed by atoms with Crippen LogP contribution < -0.4 is 11.1 Å². The molecule has 3 N–H and O–H groups in total. The van der Waals surface area contributed by atoms with Gasteiger partial charge in [0.15, 0.2) is 0 Å². The van der Waals surface area contributed by atoms with Gasteiger partial charge in [-0.25, -0.2) is 0 Å². The number of nitrogens with two attached hydrogens (primary N) is 1. The van der Waals surface area contributed by atoms with E-state index in [1.807, 2.05) is 19.9 Å². The Hall–Kier alpha value is -2.37. The van der Waals surface area contributed by atoms with Gasteiger partial charge >= 0.3 is 5.97 Å². The summed E-state index contributed by atoms with van der Waals surface area (Å²) in [6.45, 7) is 7.38. The zero-order chi connectivity index (χ0) is 17.6. The zero-order valence-corrected chi connectivity index (χ0v) is 14.0. The van der Waals surface area contributed by atoms with Gasteiger partial charge < -0.3 is 15.8 Å². The van der Waals surface area contributed by atoms with Gasteiger partial charge in [-0.1, -0.05) is 24.1 Å². The van der Waals surface area contributed by atoms with Crippen LogP contribution in [0, 0.1) is 19.8 Å². The van der Waals surface area contributed by atoms with Gasteiger partial charge in [0, 0.05) is 5.56 Å². The number of carbonyl (C=O) groups excluding carboxylic acids is 3. The quantitative estimate of drug-likeness (QED) is 0.743. The first kappa shape index (κ1) is 18.7. The summed E-state index contributed by atoms with van der Waals surface area (Å²) in [6, 6.07) is 4.48. The van der Waals surface area contributed by atoms with Crippen LogP contribution >= 0.6 is 0 Å². The van der Waals surface area contributed by atoms with Crippen LogP contribution in [0.1, 0.15) is 41.8 Å². The Labute approximate surface area is 136 Å². The second-order valence-corrected chi connectivity index (χ2v) is 5.69. The summed E-state index contributed by atoms with van der Waals surface area (Å²) in [5, 5.41) is 2.59. The molecule has 0 saturated carbocycles. The number of rotatable bonds is 7. The van der Waals surface area contributed by atoms with Gasteiger partial charge in [-0.2, -0.15) is 0 Å². The van der Waals surface area contributed by atoms with Crippen LogP contribution in [0.2, 0.25) is 0 Å². The molecule has 2 atom stereocenters. The molecule has 1 aromatic carbocycles. The molecule has 0 saturated heterocycles. The Balaban J connectivity index is 2.81. The molecule has 0 aliphatic heterocycles. The van der Waals surface area contributed by atoms with Crippen molar-refractivity contribution >= 4 is 17.8 Å². The number of aryl methyl sites for hydroxylation is 2. The average molecular weight is 320 g/mol. The summed E-state index contributed by atoms with van der Waals surface area (Å²) in [5.74, 6) is -2.03. The third-order valence-electron chi connectivity index (χ3n) is 3.41. The molecule has 0 heterocycles. The first-order valence-corrected chi connectivity index (χ1v) is 7.59. The minimum absolute atomic E-state index is 0.102. The molecular weight excluding hydrogens is 296 g/mol. The van der Waals surface area contributed by atoms with Crippen LogP contribution in [0.3, 0.4) is 0 Å². The normalized spacial score (nSPS) is 13.0. The molecule has 1 aromatic rings. The van der Waals surface area contributed by atoms with E-state index in [0.29, 0.717) is 5.56 Å². The van der Waals surface area contributed by atoms with Crippen molar-refractivity contribution in [3.05, 3.63) is 34.9 Å². The van der Waals surface area contributed by atoms with E-state index in [4.69, 9.17) is 10.5 Å². The van der Waals surface area contributed by atoms with E-state index in [1.54, 1.807) is 26.0 Å². The Kier molecular flexibility index (Phi) is 6.75. The van der Waals surface area contributed by atoms with Gasteiger partial charge in [0.1, 0.15) is 6.04 Å². The largest absolute Gasteiger partial charge is 0.466 e. The van der Waals surface area contributed by atoms with Crippen LogP contribution in [0.5, 0.6) is 0 Å². The Morgan fingerprint density at radius 2 is 1.74 bits per heavy atom. The lowest BCUT2D eigenvalue weighted by Gasteiger charge is -2.19. The zero-order valence-electron chi connectivity index (χ0n) is 14.0. The molecular formula is C17H24N2O4. The molecule has 0 aromatic heterocycles. The van der Waals surface area contributed by atoms with Gasteiger partial charge in [0.25, 0.3) is 5.91 Å². The fraction of sp³-hybridized carbons (Fsp3) is 0.471. The van der Waals surface area contributed by atoms with Crippen molar-refractivity contribution in [2.45, 2.75) is 40.2 Å². The standard InChI is InChI=1S/C17H24N2O4/c1-5-23-17(22)12(4)9-14(15(18)20)19-16(21)13-7-10(2)6-11(3)8-13/h6-8,12,14H,5,9H2,1-4H3,(H2,18,20)(H,19,21)/t12-,14-/m0/s1. The summed E-state index contributed by atoms with van der Waals surface area (Å²) < 4.78 is 4.90. The number of amides is 2. The monoisotopic (exact) mass is 320 g/mol. The highest BCUT2D eigenvalue weighted by molar-refractivity contribution is 5.97. The fourth-order valence-corrected chi connectivity index (χ4v) is 2.33. The van der Waals surface area contributed by atoms with Gasteiger partial charge in [-0.3, -0.25) is 14.4 Å². The topological polar surface area (TPSA) is 98.5 Å². The van der Waals surface area contributed by atoms with E-state index in [0.717, 1.165) is 11.1 Å². The van der Waals surface area contributed by atoms with Crippen LogP contribution in [-0.4, -0.2) is 30.4 Å². The molecule has 0 fully saturated rings.